The van der Waals surface area contributed by atoms with Crippen molar-refractivity contribution in [3.8, 4) is 5.75 Å². The van der Waals surface area contributed by atoms with E-state index in [2.05, 4.69) is 0 Å². The highest BCUT2D eigenvalue weighted by molar-refractivity contribution is 5.93. The molecule has 0 aromatic heterocycles. The summed E-state index contributed by atoms with van der Waals surface area (Å²) >= 11 is 0. The fourth-order valence-electron chi connectivity index (χ4n) is 1.17. The van der Waals surface area contributed by atoms with Crippen LogP contribution in [0.3, 0.4) is 0 Å². The van der Waals surface area contributed by atoms with Crippen LogP contribution in [0.4, 0.5) is 4.39 Å². The Balaban J connectivity index is 2.98. The maximum atomic E-state index is 13.2. The maximum absolute atomic E-state index is 13.2. The molecule has 0 radical (unpaired) electrons. The molecule has 0 spiro atoms. The zero-order valence-electron chi connectivity index (χ0n) is 9.49. The largest absolute Gasteiger partial charge is 0.491 e. The number of ether oxygens (including phenoxy) is 1. The molecule has 0 aliphatic rings. The minimum atomic E-state index is -0.488. The first-order chi connectivity index (χ1) is 7.60. The number of hydroxylamine groups is 2. The molecule has 0 fully saturated rings. The van der Waals surface area contributed by atoms with Crippen LogP contribution in [0, 0.1) is 5.82 Å². The fraction of sp³-hybridized carbons (Fsp3) is 0.364. The van der Waals surface area contributed by atoms with Crippen molar-refractivity contribution in [3.05, 3.63) is 29.6 Å². The Morgan fingerprint density at radius 2 is 2.19 bits per heavy atom. The van der Waals surface area contributed by atoms with Gasteiger partial charge in [0, 0.05) is 12.6 Å². The lowest BCUT2D eigenvalue weighted by molar-refractivity contribution is -0.0757. The number of benzene rings is 1. The van der Waals surface area contributed by atoms with Gasteiger partial charge in [0.15, 0.2) is 11.6 Å². The number of halogens is 1. The summed E-state index contributed by atoms with van der Waals surface area (Å²) in [6.07, 6.45) is 0. The Morgan fingerprint density at radius 3 is 2.75 bits per heavy atom. The van der Waals surface area contributed by atoms with E-state index in [1.807, 2.05) is 0 Å². The van der Waals surface area contributed by atoms with Gasteiger partial charge in [0.1, 0.15) is 0 Å². The zero-order chi connectivity index (χ0) is 12.1. The molecule has 1 rings (SSSR count). The van der Waals surface area contributed by atoms with Gasteiger partial charge >= 0.3 is 0 Å². The van der Waals surface area contributed by atoms with Crippen molar-refractivity contribution in [1.29, 1.82) is 0 Å². The summed E-state index contributed by atoms with van der Waals surface area (Å²) in [7, 11) is 2.86. The Kier molecular flexibility index (Phi) is 4.25. The molecule has 1 aromatic rings. The van der Waals surface area contributed by atoms with Crippen LogP contribution in [0.5, 0.6) is 5.75 Å². The topological polar surface area (TPSA) is 38.8 Å². The predicted molar refractivity (Wildman–Crippen MR) is 56.7 cm³/mol. The number of hydrogen-bond donors (Lipinski definition) is 0. The average molecular weight is 227 g/mol. The van der Waals surface area contributed by atoms with E-state index < -0.39 is 5.82 Å². The van der Waals surface area contributed by atoms with Gasteiger partial charge in [-0.15, -0.1) is 0 Å². The van der Waals surface area contributed by atoms with E-state index in [0.29, 0.717) is 12.2 Å². The monoisotopic (exact) mass is 227 g/mol. The molecule has 5 heteroatoms. The van der Waals surface area contributed by atoms with Crippen molar-refractivity contribution in [1.82, 2.24) is 5.06 Å². The Bertz CT molecular complexity index is 381. The molecule has 0 saturated carbocycles. The van der Waals surface area contributed by atoms with Crippen molar-refractivity contribution < 1.29 is 18.8 Å². The number of hydrogen-bond acceptors (Lipinski definition) is 3. The minimum absolute atomic E-state index is 0.0675. The van der Waals surface area contributed by atoms with Crippen LogP contribution in [0.15, 0.2) is 18.2 Å². The summed E-state index contributed by atoms with van der Waals surface area (Å²) in [5, 5.41) is 1.06. The molecule has 0 bridgehead atoms. The fourth-order valence-corrected chi connectivity index (χ4v) is 1.17. The number of carbonyl (C=O) groups is 1. The quantitative estimate of drug-likeness (QED) is 0.737. The van der Waals surface area contributed by atoms with Crippen molar-refractivity contribution in [3.63, 3.8) is 0 Å². The molecule has 0 heterocycles. The molecule has 88 valence electrons. The van der Waals surface area contributed by atoms with Crippen molar-refractivity contribution in [2.75, 3.05) is 20.8 Å². The van der Waals surface area contributed by atoms with Crippen molar-refractivity contribution in [2.45, 2.75) is 6.92 Å². The zero-order valence-corrected chi connectivity index (χ0v) is 9.49. The van der Waals surface area contributed by atoms with Crippen LogP contribution in [0.1, 0.15) is 17.3 Å². The molecular formula is C11H14FNO3. The highest BCUT2D eigenvalue weighted by Crippen LogP contribution is 2.19. The number of nitrogens with zero attached hydrogens (tertiary/aromatic N) is 1. The lowest BCUT2D eigenvalue weighted by atomic mass is 10.2. The van der Waals surface area contributed by atoms with Gasteiger partial charge in [-0.05, 0) is 25.1 Å². The second-order valence-electron chi connectivity index (χ2n) is 3.06. The lowest BCUT2D eigenvalue weighted by Gasteiger charge is -2.14. The molecule has 4 nitrogen and oxygen atoms in total. The maximum Gasteiger partial charge on any atom is 0.277 e. The van der Waals surface area contributed by atoms with E-state index in [-0.39, 0.29) is 11.7 Å². The van der Waals surface area contributed by atoms with E-state index in [4.69, 9.17) is 9.57 Å². The molecule has 0 saturated heterocycles. The summed E-state index contributed by atoms with van der Waals surface area (Å²) in [4.78, 5) is 16.4. The van der Waals surface area contributed by atoms with Crippen molar-refractivity contribution >= 4 is 5.91 Å². The third kappa shape index (κ3) is 2.70. The van der Waals surface area contributed by atoms with Crippen LogP contribution >= 0.6 is 0 Å². The van der Waals surface area contributed by atoms with Crippen LogP contribution in [0.25, 0.3) is 0 Å². The summed E-state index contributed by atoms with van der Waals surface area (Å²) < 4.78 is 18.3. The summed E-state index contributed by atoms with van der Waals surface area (Å²) in [6, 6.07) is 3.94. The molecule has 0 N–H and O–H groups in total. The van der Waals surface area contributed by atoms with Gasteiger partial charge in [-0.3, -0.25) is 9.63 Å². The Labute approximate surface area is 93.5 Å². The third-order valence-corrected chi connectivity index (χ3v) is 2.04. The number of amides is 1. The minimum Gasteiger partial charge on any atom is -0.491 e. The first-order valence-electron chi connectivity index (χ1n) is 4.84. The van der Waals surface area contributed by atoms with Crippen LogP contribution in [0.2, 0.25) is 0 Å². The normalized spacial score (nSPS) is 10.0. The SMILES string of the molecule is CCOc1cc(C(=O)N(C)OC)ccc1F. The molecule has 0 unspecified atom stereocenters. The van der Waals surface area contributed by atoms with E-state index in [1.165, 1.54) is 32.4 Å². The van der Waals surface area contributed by atoms with Gasteiger partial charge in [0.2, 0.25) is 0 Å². The van der Waals surface area contributed by atoms with E-state index in [1.54, 1.807) is 6.92 Å². The van der Waals surface area contributed by atoms with Crippen LogP contribution < -0.4 is 4.74 Å². The molecule has 0 aliphatic carbocycles. The summed E-state index contributed by atoms with van der Waals surface area (Å²) in [5.41, 5.74) is 0.314. The number of rotatable bonds is 4. The molecule has 1 amide bonds. The lowest BCUT2D eigenvalue weighted by Crippen LogP contribution is -2.25. The van der Waals surface area contributed by atoms with Crippen LogP contribution in [-0.2, 0) is 4.84 Å². The highest BCUT2D eigenvalue weighted by atomic mass is 19.1. The van der Waals surface area contributed by atoms with E-state index in [9.17, 15) is 9.18 Å². The first-order valence-corrected chi connectivity index (χ1v) is 4.84. The summed E-state index contributed by atoms with van der Waals surface area (Å²) in [6.45, 7) is 2.09. The molecule has 0 atom stereocenters. The third-order valence-electron chi connectivity index (χ3n) is 2.04. The van der Waals surface area contributed by atoms with Gasteiger partial charge in [0.05, 0.1) is 13.7 Å². The Hall–Kier alpha value is -1.62. The van der Waals surface area contributed by atoms with Gasteiger partial charge in [-0.2, -0.15) is 0 Å². The van der Waals surface area contributed by atoms with Gasteiger partial charge < -0.3 is 4.74 Å². The van der Waals surface area contributed by atoms with Crippen molar-refractivity contribution in [2.24, 2.45) is 0 Å². The van der Waals surface area contributed by atoms with E-state index >= 15 is 0 Å². The van der Waals surface area contributed by atoms with Crippen LogP contribution in [-0.4, -0.2) is 31.7 Å². The highest BCUT2D eigenvalue weighted by Gasteiger charge is 2.14. The molecule has 0 aliphatic heterocycles. The molecule has 16 heavy (non-hydrogen) atoms. The van der Waals surface area contributed by atoms with Gasteiger partial charge in [0.25, 0.3) is 5.91 Å². The van der Waals surface area contributed by atoms with Gasteiger partial charge in [-0.25, -0.2) is 9.45 Å². The smallest absolute Gasteiger partial charge is 0.277 e. The van der Waals surface area contributed by atoms with Gasteiger partial charge in [-0.1, -0.05) is 0 Å². The summed E-state index contributed by atoms with van der Waals surface area (Å²) in [5.74, 6) is -0.778. The average Bonchev–Trinajstić information content (AvgIpc) is 2.30. The Morgan fingerprint density at radius 1 is 1.50 bits per heavy atom. The molecular weight excluding hydrogens is 213 g/mol. The standard InChI is InChI=1S/C11H14FNO3/c1-4-16-10-7-8(5-6-9(10)12)11(14)13(2)15-3/h5-7H,4H2,1-3H3. The number of carbonyl (C=O) groups excluding carboxylic acids is 1. The second kappa shape index (κ2) is 5.46. The second-order valence-corrected chi connectivity index (χ2v) is 3.06. The predicted octanol–water partition coefficient (Wildman–Crippen LogP) is 1.86. The first kappa shape index (κ1) is 12.4. The van der Waals surface area contributed by atoms with E-state index in [0.717, 1.165) is 5.06 Å². The molecule has 1 aromatic carbocycles.